The van der Waals surface area contributed by atoms with Crippen molar-refractivity contribution in [3.8, 4) is 5.75 Å². The third kappa shape index (κ3) is 5.61. The first-order chi connectivity index (χ1) is 11.3. The Hall–Kier alpha value is -1.26. The molecule has 0 saturated carbocycles. The third-order valence-corrected chi connectivity index (χ3v) is 5.13. The van der Waals surface area contributed by atoms with Crippen LogP contribution >= 0.6 is 12.4 Å². The summed E-state index contributed by atoms with van der Waals surface area (Å²) >= 11 is 0. The average molecular weight is 369 g/mol. The van der Waals surface area contributed by atoms with Gasteiger partial charge in [0, 0.05) is 19.1 Å². The predicted octanol–water partition coefficient (Wildman–Crippen LogP) is 3.89. The Balaban J connectivity index is 0.00000312. The highest BCUT2D eigenvalue weighted by atomic mass is 35.5. The predicted molar refractivity (Wildman–Crippen MR) is 106 cm³/mol. The van der Waals surface area contributed by atoms with E-state index in [9.17, 15) is 4.79 Å². The van der Waals surface area contributed by atoms with Crippen LogP contribution in [0.15, 0.2) is 18.2 Å². The molecule has 1 aliphatic heterocycles. The molecule has 1 saturated heterocycles. The molecule has 0 aromatic heterocycles. The summed E-state index contributed by atoms with van der Waals surface area (Å²) in [7, 11) is 0. The van der Waals surface area contributed by atoms with Gasteiger partial charge in [0.25, 0.3) is 5.91 Å². The number of hydrogen-bond donors (Lipinski definition) is 1. The van der Waals surface area contributed by atoms with Crippen LogP contribution < -0.4 is 10.5 Å². The lowest BCUT2D eigenvalue weighted by Crippen LogP contribution is -2.47. The van der Waals surface area contributed by atoms with E-state index in [1.165, 1.54) is 5.56 Å². The van der Waals surface area contributed by atoms with Crippen LogP contribution in [-0.2, 0) is 4.79 Å². The summed E-state index contributed by atoms with van der Waals surface area (Å²) < 4.78 is 6.01. The number of halogens is 1. The summed E-state index contributed by atoms with van der Waals surface area (Å²) in [4.78, 5) is 14.6. The normalized spacial score (nSPS) is 17.8. The first-order valence-corrected chi connectivity index (χ1v) is 9.11. The molecule has 0 spiro atoms. The Morgan fingerprint density at radius 3 is 2.32 bits per heavy atom. The van der Waals surface area contributed by atoms with E-state index in [1.807, 2.05) is 18.7 Å². The lowest BCUT2D eigenvalue weighted by atomic mass is 9.91. The Morgan fingerprint density at radius 2 is 1.80 bits per heavy atom. The van der Waals surface area contributed by atoms with Crippen LogP contribution in [0.1, 0.15) is 57.6 Å². The summed E-state index contributed by atoms with van der Waals surface area (Å²) in [5.41, 5.74) is 8.27. The van der Waals surface area contributed by atoms with Gasteiger partial charge in [0.15, 0.2) is 6.10 Å². The molecule has 1 aromatic rings. The van der Waals surface area contributed by atoms with Crippen molar-refractivity contribution in [3.05, 3.63) is 29.3 Å². The van der Waals surface area contributed by atoms with Gasteiger partial charge in [-0.05, 0) is 62.6 Å². The highest BCUT2D eigenvalue weighted by Gasteiger charge is 2.28. The van der Waals surface area contributed by atoms with Gasteiger partial charge in [0.2, 0.25) is 0 Å². The summed E-state index contributed by atoms with van der Waals surface area (Å²) in [6.07, 6.45) is 1.51. The summed E-state index contributed by atoms with van der Waals surface area (Å²) in [6.45, 7) is 11.8. The lowest BCUT2D eigenvalue weighted by molar-refractivity contribution is -0.139. The second-order valence-corrected chi connectivity index (χ2v) is 7.46. The molecule has 2 atom stereocenters. The van der Waals surface area contributed by atoms with Crippen molar-refractivity contribution in [1.29, 1.82) is 0 Å². The second-order valence-electron chi connectivity index (χ2n) is 7.46. The zero-order valence-corrected chi connectivity index (χ0v) is 16.9. The standard InChI is InChI=1S/C20H32N2O2.ClH/c1-13(2)18-7-6-14(3)19(12-18)24-16(5)20(23)22-10-8-17(9-11-22)15(4)21;/h6-7,12-13,15-17H,8-11,21H2,1-5H3;1H. The van der Waals surface area contributed by atoms with Crippen molar-refractivity contribution in [3.63, 3.8) is 0 Å². The number of benzene rings is 1. The number of likely N-dealkylation sites (tertiary alicyclic amines) is 1. The molecule has 0 aliphatic carbocycles. The van der Waals surface area contributed by atoms with Gasteiger partial charge in [0.1, 0.15) is 5.75 Å². The Morgan fingerprint density at radius 1 is 1.20 bits per heavy atom. The molecule has 1 amide bonds. The molecule has 2 unspecified atom stereocenters. The van der Waals surface area contributed by atoms with E-state index in [0.29, 0.717) is 11.8 Å². The number of carbonyl (C=O) groups excluding carboxylic acids is 1. The van der Waals surface area contributed by atoms with E-state index >= 15 is 0 Å². The highest BCUT2D eigenvalue weighted by Crippen LogP contribution is 2.26. The molecular formula is C20H33ClN2O2. The minimum Gasteiger partial charge on any atom is -0.481 e. The number of ether oxygens (including phenoxy) is 1. The van der Waals surface area contributed by atoms with E-state index < -0.39 is 6.10 Å². The van der Waals surface area contributed by atoms with Gasteiger partial charge >= 0.3 is 0 Å². The fourth-order valence-electron chi connectivity index (χ4n) is 3.25. The van der Waals surface area contributed by atoms with Gasteiger partial charge in [-0.25, -0.2) is 0 Å². The highest BCUT2D eigenvalue weighted by molar-refractivity contribution is 5.85. The van der Waals surface area contributed by atoms with Gasteiger partial charge in [-0.1, -0.05) is 26.0 Å². The summed E-state index contributed by atoms with van der Waals surface area (Å²) in [5.74, 6) is 1.85. The van der Waals surface area contributed by atoms with Crippen molar-refractivity contribution >= 4 is 18.3 Å². The number of nitrogens with zero attached hydrogens (tertiary/aromatic N) is 1. The third-order valence-electron chi connectivity index (χ3n) is 5.13. The van der Waals surface area contributed by atoms with Gasteiger partial charge in [-0.2, -0.15) is 0 Å². The molecule has 142 valence electrons. The van der Waals surface area contributed by atoms with E-state index in [4.69, 9.17) is 10.5 Å². The molecule has 2 N–H and O–H groups in total. The van der Waals surface area contributed by atoms with Crippen LogP contribution in [0.5, 0.6) is 5.75 Å². The van der Waals surface area contributed by atoms with E-state index in [2.05, 4.69) is 39.0 Å². The molecule has 1 aliphatic rings. The van der Waals surface area contributed by atoms with Crippen LogP contribution in [-0.4, -0.2) is 36.0 Å². The van der Waals surface area contributed by atoms with E-state index in [-0.39, 0.29) is 24.4 Å². The molecule has 2 rings (SSSR count). The summed E-state index contributed by atoms with van der Waals surface area (Å²) in [5, 5.41) is 0. The minimum absolute atomic E-state index is 0. The van der Waals surface area contributed by atoms with E-state index in [0.717, 1.165) is 37.2 Å². The van der Waals surface area contributed by atoms with Crippen molar-refractivity contribution in [1.82, 2.24) is 4.90 Å². The zero-order chi connectivity index (χ0) is 17.9. The molecular weight excluding hydrogens is 336 g/mol. The summed E-state index contributed by atoms with van der Waals surface area (Å²) in [6, 6.07) is 6.46. The number of aryl methyl sites for hydroxylation is 1. The Labute approximate surface area is 158 Å². The van der Waals surface area contributed by atoms with Gasteiger partial charge < -0.3 is 15.4 Å². The number of hydrogen-bond acceptors (Lipinski definition) is 3. The van der Waals surface area contributed by atoms with Crippen LogP contribution in [0, 0.1) is 12.8 Å². The molecule has 1 aromatic carbocycles. The maximum absolute atomic E-state index is 12.7. The van der Waals surface area contributed by atoms with Crippen molar-refractivity contribution in [2.45, 2.75) is 65.5 Å². The fraction of sp³-hybridized carbons (Fsp3) is 0.650. The average Bonchev–Trinajstić information content (AvgIpc) is 2.55. The number of amides is 1. The SMILES string of the molecule is Cc1ccc(C(C)C)cc1OC(C)C(=O)N1CCC(C(C)N)CC1.Cl. The maximum atomic E-state index is 12.7. The number of carbonyl (C=O) groups is 1. The van der Waals surface area contributed by atoms with Crippen molar-refractivity contribution in [2.24, 2.45) is 11.7 Å². The number of rotatable bonds is 5. The van der Waals surface area contributed by atoms with Crippen LogP contribution in [0.25, 0.3) is 0 Å². The quantitative estimate of drug-likeness (QED) is 0.857. The van der Waals surface area contributed by atoms with Crippen molar-refractivity contribution < 1.29 is 9.53 Å². The smallest absolute Gasteiger partial charge is 0.263 e. The fourth-order valence-corrected chi connectivity index (χ4v) is 3.25. The van der Waals surface area contributed by atoms with E-state index in [1.54, 1.807) is 0 Å². The minimum atomic E-state index is -0.460. The molecule has 1 fully saturated rings. The monoisotopic (exact) mass is 368 g/mol. The molecule has 1 heterocycles. The van der Waals surface area contributed by atoms with Crippen LogP contribution in [0.3, 0.4) is 0 Å². The lowest BCUT2D eigenvalue weighted by Gasteiger charge is -2.35. The van der Waals surface area contributed by atoms with Gasteiger partial charge in [-0.3, -0.25) is 4.79 Å². The largest absolute Gasteiger partial charge is 0.481 e. The molecule has 0 bridgehead atoms. The topological polar surface area (TPSA) is 55.6 Å². The number of nitrogens with two attached hydrogens (primary N) is 1. The molecule has 0 radical (unpaired) electrons. The van der Waals surface area contributed by atoms with Crippen molar-refractivity contribution in [2.75, 3.05) is 13.1 Å². The van der Waals surface area contributed by atoms with Gasteiger partial charge in [-0.15, -0.1) is 12.4 Å². The molecule has 4 nitrogen and oxygen atoms in total. The van der Waals surface area contributed by atoms with Crippen LogP contribution in [0.2, 0.25) is 0 Å². The van der Waals surface area contributed by atoms with Crippen LogP contribution in [0.4, 0.5) is 0 Å². The Kier molecular flexibility index (Phi) is 8.23. The second kappa shape index (κ2) is 9.44. The first kappa shape index (κ1) is 21.8. The van der Waals surface area contributed by atoms with Gasteiger partial charge in [0.05, 0.1) is 0 Å². The Bertz CT molecular complexity index is 567. The zero-order valence-electron chi connectivity index (χ0n) is 16.1. The first-order valence-electron chi connectivity index (χ1n) is 9.11. The maximum Gasteiger partial charge on any atom is 0.263 e. The molecule has 25 heavy (non-hydrogen) atoms. The number of piperidine rings is 1. The molecule has 5 heteroatoms.